The van der Waals surface area contributed by atoms with Gasteiger partial charge in [0, 0.05) is 0 Å². The fourth-order valence-corrected chi connectivity index (χ4v) is 1.85. The van der Waals surface area contributed by atoms with Gasteiger partial charge in [-0.05, 0) is 6.07 Å². The number of carbonyl (C=O) groups excluding carboxylic acids is 1. The maximum absolute atomic E-state index is 13.5. The van der Waals surface area contributed by atoms with Gasteiger partial charge in [0.1, 0.15) is 5.82 Å². The molecule has 0 atom stereocenters. The summed E-state index contributed by atoms with van der Waals surface area (Å²) in [6.07, 6.45) is 0. The highest BCUT2D eigenvalue weighted by Crippen LogP contribution is 2.19. The minimum Gasteiger partial charge on any atom is -0.465 e. The van der Waals surface area contributed by atoms with Crippen molar-refractivity contribution in [3.8, 4) is 0 Å². The van der Waals surface area contributed by atoms with Crippen LogP contribution < -0.4 is 10.6 Å². The van der Waals surface area contributed by atoms with Crippen LogP contribution in [0.4, 0.5) is 17.3 Å². The second-order valence-corrected chi connectivity index (χ2v) is 5.05. The predicted octanol–water partition coefficient (Wildman–Crippen LogP) is 0.314. The number of halogens is 4. The van der Waals surface area contributed by atoms with E-state index in [1.807, 2.05) is 0 Å². The Kier molecular flexibility index (Phi) is 3.91. The standard InChI is InChI=1S/C8H7BF4NO4S/c1-18-8(15)5-2-4(19(14,16)17)3-6(7(5)10)9(11,12)13/h2-3H,1H3,(H2,14,16,17)/q-1. The summed E-state index contributed by atoms with van der Waals surface area (Å²) < 4.78 is 77.5. The van der Waals surface area contributed by atoms with Gasteiger partial charge in [0.05, 0.1) is 17.6 Å². The Morgan fingerprint density at radius 1 is 1.32 bits per heavy atom. The molecule has 19 heavy (non-hydrogen) atoms. The summed E-state index contributed by atoms with van der Waals surface area (Å²) in [4.78, 5) is 10.1. The number of carbonyl (C=O) groups is 1. The van der Waals surface area contributed by atoms with Crippen LogP contribution in [0, 0.1) is 5.82 Å². The van der Waals surface area contributed by atoms with Crippen molar-refractivity contribution >= 4 is 28.4 Å². The van der Waals surface area contributed by atoms with Crippen LogP contribution in [0.15, 0.2) is 17.0 Å². The third-order valence-corrected chi connectivity index (χ3v) is 3.05. The van der Waals surface area contributed by atoms with Crippen molar-refractivity contribution in [1.82, 2.24) is 0 Å². The van der Waals surface area contributed by atoms with Gasteiger partial charge in [-0.2, -0.15) is 0 Å². The number of primary sulfonamides is 1. The van der Waals surface area contributed by atoms with Crippen molar-refractivity contribution in [3.05, 3.63) is 23.5 Å². The molecule has 0 aliphatic carbocycles. The molecule has 5 nitrogen and oxygen atoms in total. The Morgan fingerprint density at radius 3 is 2.21 bits per heavy atom. The molecule has 1 rings (SSSR count). The van der Waals surface area contributed by atoms with E-state index < -0.39 is 44.7 Å². The molecule has 0 bridgehead atoms. The lowest BCUT2D eigenvalue weighted by Crippen LogP contribution is -2.39. The molecule has 0 aromatic heterocycles. The average Bonchev–Trinajstić information content (AvgIpc) is 2.25. The SMILES string of the molecule is COC(=O)c1cc(S(N)(=O)=O)cc([B-](F)(F)F)c1F. The number of rotatable bonds is 3. The first-order valence-corrected chi connectivity index (χ1v) is 6.17. The summed E-state index contributed by atoms with van der Waals surface area (Å²) in [6, 6.07) is 0.429. The van der Waals surface area contributed by atoms with E-state index in [0.717, 1.165) is 7.11 Å². The minimum atomic E-state index is -5.86. The summed E-state index contributed by atoms with van der Waals surface area (Å²) in [5, 5.41) is 4.67. The van der Waals surface area contributed by atoms with Crippen LogP contribution in [-0.4, -0.2) is 28.5 Å². The smallest absolute Gasteiger partial charge is 0.465 e. The summed E-state index contributed by atoms with van der Waals surface area (Å²) >= 11 is 0. The van der Waals surface area contributed by atoms with E-state index >= 15 is 0 Å². The van der Waals surface area contributed by atoms with Crippen molar-refractivity contribution in [1.29, 1.82) is 0 Å². The van der Waals surface area contributed by atoms with Crippen LogP contribution in [-0.2, 0) is 14.8 Å². The molecule has 0 saturated carbocycles. The molecule has 0 saturated heterocycles. The van der Waals surface area contributed by atoms with Crippen LogP contribution in [0.1, 0.15) is 10.4 Å². The molecule has 1 aromatic rings. The molecule has 0 amide bonds. The van der Waals surface area contributed by atoms with Gasteiger partial charge in [-0.25, -0.2) is 22.7 Å². The van der Waals surface area contributed by atoms with E-state index in [1.54, 1.807) is 0 Å². The van der Waals surface area contributed by atoms with E-state index in [1.165, 1.54) is 0 Å². The zero-order valence-electron chi connectivity index (χ0n) is 9.36. The highest BCUT2D eigenvalue weighted by atomic mass is 32.2. The van der Waals surface area contributed by atoms with Crippen LogP contribution >= 0.6 is 0 Å². The maximum atomic E-state index is 13.5. The van der Waals surface area contributed by atoms with Crippen LogP contribution in [0.5, 0.6) is 0 Å². The van der Waals surface area contributed by atoms with Gasteiger partial charge < -0.3 is 17.7 Å². The first kappa shape index (κ1) is 15.4. The fraction of sp³-hybridized carbons (Fsp3) is 0.125. The van der Waals surface area contributed by atoms with Gasteiger partial charge in [-0.3, -0.25) is 0 Å². The summed E-state index contributed by atoms with van der Waals surface area (Å²) in [5.41, 5.74) is -3.00. The number of hydrogen-bond acceptors (Lipinski definition) is 4. The number of methoxy groups -OCH3 is 1. The van der Waals surface area contributed by atoms with E-state index in [0.29, 0.717) is 6.07 Å². The monoisotopic (exact) mass is 300 g/mol. The Balaban J connectivity index is 3.72. The van der Waals surface area contributed by atoms with Gasteiger partial charge in [0.25, 0.3) is 0 Å². The predicted molar refractivity (Wildman–Crippen MR) is 57.8 cm³/mol. The van der Waals surface area contributed by atoms with Crippen molar-refractivity contribution in [2.45, 2.75) is 4.90 Å². The number of esters is 1. The second kappa shape index (κ2) is 4.81. The van der Waals surface area contributed by atoms with Crippen LogP contribution in [0.2, 0.25) is 0 Å². The number of nitrogens with two attached hydrogens (primary N) is 1. The first-order valence-electron chi connectivity index (χ1n) is 4.63. The van der Waals surface area contributed by atoms with Gasteiger partial charge in [-0.1, -0.05) is 11.5 Å². The van der Waals surface area contributed by atoms with Gasteiger partial charge in [0.2, 0.25) is 10.0 Å². The van der Waals surface area contributed by atoms with E-state index in [-0.39, 0.29) is 6.07 Å². The molecule has 1 aromatic carbocycles. The molecule has 106 valence electrons. The molecule has 0 aliphatic heterocycles. The lowest BCUT2D eigenvalue weighted by atomic mass is 9.79. The van der Waals surface area contributed by atoms with Crippen molar-refractivity contribution in [2.24, 2.45) is 5.14 Å². The van der Waals surface area contributed by atoms with Crippen LogP contribution in [0.25, 0.3) is 0 Å². The molecule has 0 fully saturated rings. The number of sulfonamides is 1. The van der Waals surface area contributed by atoms with Crippen molar-refractivity contribution in [3.63, 3.8) is 0 Å². The van der Waals surface area contributed by atoms with Crippen molar-refractivity contribution < 1.29 is 35.3 Å². The quantitative estimate of drug-likeness (QED) is 0.494. The Hall–Kier alpha value is -1.62. The highest BCUT2D eigenvalue weighted by Gasteiger charge is 2.33. The van der Waals surface area contributed by atoms with Gasteiger partial charge in [-0.15, -0.1) is 0 Å². The summed E-state index contributed by atoms with van der Waals surface area (Å²) in [7, 11) is -3.72. The average molecular weight is 300 g/mol. The van der Waals surface area contributed by atoms with E-state index in [4.69, 9.17) is 0 Å². The molecular formula is C8H7BF4NO4S-. The van der Waals surface area contributed by atoms with Gasteiger partial charge in [0.15, 0.2) is 0 Å². The van der Waals surface area contributed by atoms with Gasteiger partial charge >= 0.3 is 12.9 Å². The molecule has 2 N–H and O–H groups in total. The zero-order valence-corrected chi connectivity index (χ0v) is 10.2. The Morgan fingerprint density at radius 2 is 1.84 bits per heavy atom. The van der Waals surface area contributed by atoms with Crippen LogP contribution in [0.3, 0.4) is 0 Å². The molecule has 0 unspecified atom stereocenters. The second-order valence-electron chi connectivity index (χ2n) is 3.49. The fourth-order valence-electron chi connectivity index (χ4n) is 1.28. The lowest BCUT2D eigenvalue weighted by Gasteiger charge is -2.18. The third-order valence-electron chi connectivity index (χ3n) is 2.16. The molecular weight excluding hydrogens is 293 g/mol. The largest absolute Gasteiger partial charge is 0.512 e. The number of benzene rings is 1. The topological polar surface area (TPSA) is 86.5 Å². The lowest BCUT2D eigenvalue weighted by molar-refractivity contribution is 0.0595. The Bertz CT molecular complexity index is 628. The zero-order chi connectivity index (χ0) is 15.0. The third kappa shape index (κ3) is 3.23. The maximum Gasteiger partial charge on any atom is 0.512 e. The first-order chi connectivity index (χ1) is 8.48. The minimum absolute atomic E-state index is 0.0388. The summed E-state index contributed by atoms with van der Waals surface area (Å²) in [5.74, 6) is -3.34. The highest BCUT2D eigenvalue weighted by molar-refractivity contribution is 7.89. The molecule has 11 heteroatoms. The van der Waals surface area contributed by atoms with E-state index in [2.05, 4.69) is 9.88 Å². The molecule has 0 aliphatic rings. The summed E-state index contributed by atoms with van der Waals surface area (Å²) in [6.45, 7) is -5.86. The number of hydrogen-bond donors (Lipinski definition) is 1. The number of ether oxygens (including phenoxy) is 1. The molecule has 0 spiro atoms. The molecule has 0 heterocycles. The molecule has 0 radical (unpaired) electrons. The normalized spacial score (nSPS) is 12.3. The van der Waals surface area contributed by atoms with Crippen molar-refractivity contribution in [2.75, 3.05) is 7.11 Å². The Labute approximate surface area is 105 Å². The van der Waals surface area contributed by atoms with E-state index in [9.17, 15) is 30.5 Å².